The molecule has 16 nitrogen and oxygen atoms in total. The smallest absolute Gasteiger partial charge is 0.215 e. The second-order valence-corrected chi connectivity index (χ2v) is 12.3. The van der Waals surface area contributed by atoms with E-state index in [-0.39, 0.29) is 39.1 Å². The van der Waals surface area contributed by atoms with E-state index in [1.807, 2.05) is 0 Å². The van der Waals surface area contributed by atoms with Crippen molar-refractivity contribution in [1.82, 2.24) is 10.6 Å². The van der Waals surface area contributed by atoms with Crippen molar-refractivity contribution in [3.05, 3.63) is 11.8 Å². The van der Waals surface area contributed by atoms with Gasteiger partial charge in [-0.3, -0.25) is 4.79 Å². The molecule has 0 bridgehead atoms. The van der Waals surface area contributed by atoms with Crippen LogP contribution in [0, 0.1) is 0 Å². The maximum absolute atomic E-state index is 14.0. The maximum atomic E-state index is 14.0. The molecule has 42 heavy (non-hydrogen) atoms. The Morgan fingerprint density at radius 2 is 1.90 bits per heavy atom. The van der Waals surface area contributed by atoms with E-state index in [9.17, 15) is 30.3 Å². The number of rotatable bonds is 11. The highest BCUT2D eigenvalue weighted by molar-refractivity contribution is 5.91. The lowest BCUT2D eigenvalue weighted by Gasteiger charge is -2.59. The fourth-order valence-electron chi connectivity index (χ4n) is 6.55. The molecular weight excluding hydrogens is 556 g/mol. The van der Waals surface area contributed by atoms with Crippen LogP contribution in [0.1, 0.15) is 32.6 Å². The second kappa shape index (κ2) is 12.6. The summed E-state index contributed by atoms with van der Waals surface area (Å²) in [5.74, 6) is -0.234. The van der Waals surface area contributed by atoms with Crippen molar-refractivity contribution in [2.45, 2.75) is 104 Å². The number of carbonyl (C=O) groups excluding carboxylic acids is 1. The zero-order valence-corrected chi connectivity index (χ0v) is 24.1. The summed E-state index contributed by atoms with van der Waals surface area (Å²) in [7, 11) is 1.54. The third-order valence-corrected chi connectivity index (χ3v) is 9.10. The molecule has 0 unspecified atom stereocenters. The van der Waals surface area contributed by atoms with Gasteiger partial charge in [-0.2, -0.15) is 0 Å². The zero-order chi connectivity index (χ0) is 31.1. The zero-order valence-electron chi connectivity index (χ0n) is 24.1. The van der Waals surface area contributed by atoms with Crippen molar-refractivity contribution in [2.75, 3.05) is 39.9 Å². The Bertz CT molecular complexity index is 1000. The third kappa shape index (κ3) is 5.99. The van der Waals surface area contributed by atoms with Crippen LogP contribution in [0.4, 0.5) is 0 Å². The fraction of sp³-hybridized carbons (Fsp3) is 0.885. The van der Waals surface area contributed by atoms with Crippen molar-refractivity contribution in [3.8, 4) is 0 Å². The average molecular weight is 605 g/mol. The van der Waals surface area contributed by atoms with E-state index in [0.717, 1.165) is 0 Å². The van der Waals surface area contributed by atoms with Crippen LogP contribution in [0.2, 0.25) is 0 Å². The summed E-state index contributed by atoms with van der Waals surface area (Å²) in [6.07, 6.45) is -6.10. The number of carbonyl (C=O) groups is 1. The van der Waals surface area contributed by atoms with Gasteiger partial charge in [0.15, 0.2) is 12.1 Å². The molecule has 2 saturated heterocycles. The lowest BCUT2D eigenvalue weighted by molar-refractivity contribution is -0.342. The molecule has 0 amide bonds. The van der Waals surface area contributed by atoms with Crippen LogP contribution in [0.25, 0.3) is 0 Å². The van der Waals surface area contributed by atoms with Crippen molar-refractivity contribution >= 4 is 5.78 Å². The Kier molecular flexibility index (Phi) is 10.0. The van der Waals surface area contributed by atoms with Crippen LogP contribution in [-0.4, -0.2) is 143 Å². The molecule has 0 radical (unpaired) electrons. The van der Waals surface area contributed by atoms with Gasteiger partial charge in [0, 0.05) is 38.6 Å². The summed E-state index contributed by atoms with van der Waals surface area (Å²) < 4.78 is 24.0. The standard InChI is InChI=1S/C26H48N6O10/c1-23(37)12-39-22(17(35)19(23)31-2)42-26(5-6-33)20(36)18(41-21-14(28)4-3-13(9-27)40-21)15(29)7-25(26,30)16(34)8-24(38)10-32-11-24/h3,14-15,17-22,31-33,35-38H,4-12,27-30H2,1-2H3/t14-,15+,17-,18-,19-,20+,21-,22-,23+,25+,26-/m1/s1. The molecule has 3 fully saturated rings. The van der Waals surface area contributed by atoms with E-state index < -0.39 is 90.2 Å². The van der Waals surface area contributed by atoms with Gasteiger partial charge in [-0.1, -0.05) is 0 Å². The molecule has 4 aliphatic rings. The quantitative estimate of drug-likeness (QED) is 0.105. The molecule has 3 heterocycles. The summed E-state index contributed by atoms with van der Waals surface area (Å²) >= 11 is 0. The summed E-state index contributed by atoms with van der Waals surface area (Å²) in [5.41, 5.74) is 18.2. The SMILES string of the molecule is CN[C@@H]1[C@@H](O)[C@@H](O[C@]2(CCO)[C@@H](O)[C@H](O[C@H]3OC(CN)=CC[C@H]3N)[C@@H](N)C[C@]2(N)C(=O)CC2(O)CNC2)OC[C@]1(C)O. The van der Waals surface area contributed by atoms with E-state index >= 15 is 0 Å². The first-order chi connectivity index (χ1) is 19.7. The molecule has 0 aromatic carbocycles. The highest BCUT2D eigenvalue weighted by Gasteiger charge is 2.67. The molecule has 0 spiro atoms. The van der Waals surface area contributed by atoms with Gasteiger partial charge in [0.1, 0.15) is 40.8 Å². The van der Waals surface area contributed by atoms with Crippen LogP contribution < -0.4 is 33.6 Å². The second-order valence-electron chi connectivity index (χ2n) is 12.3. The van der Waals surface area contributed by atoms with Crippen LogP contribution in [0.15, 0.2) is 11.8 Å². The average Bonchev–Trinajstić information content (AvgIpc) is 2.91. The van der Waals surface area contributed by atoms with Gasteiger partial charge < -0.3 is 78.0 Å². The van der Waals surface area contributed by atoms with Crippen molar-refractivity contribution in [2.24, 2.45) is 22.9 Å². The first-order valence-corrected chi connectivity index (χ1v) is 14.3. The van der Waals surface area contributed by atoms with Crippen molar-refractivity contribution < 1.29 is 49.3 Å². The van der Waals surface area contributed by atoms with Gasteiger partial charge in [0.2, 0.25) is 6.29 Å². The van der Waals surface area contributed by atoms with Crippen LogP contribution in [0.5, 0.6) is 0 Å². The molecule has 16 heteroatoms. The normalized spacial score (nSPS) is 45.5. The minimum atomic E-state index is -2.15. The predicted molar refractivity (Wildman–Crippen MR) is 147 cm³/mol. The van der Waals surface area contributed by atoms with Crippen LogP contribution >= 0.6 is 0 Å². The summed E-state index contributed by atoms with van der Waals surface area (Å²) in [6, 6.07) is -2.62. The Balaban J connectivity index is 1.73. The van der Waals surface area contributed by atoms with E-state index in [1.165, 1.54) is 14.0 Å². The van der Waals surface area contributed by atoms with Crippen LogP contribution in [0.3, 0.4) is 0 Å². The first kappa shape index (κ1) is 33.5. The maximum Gasteiger partial charge on any atom is 0.215 e. The van der Waals surface area contributed by atoms with Gasteiger partial charge in [0.05, 0.1) is 30.8 Å². The van der Waals surface area contributed by atoms with E-state index in [1.54, 1.807) is 6.08 Å². The molecular formula is C26H48N6O10. The fourth-order valence-corrected chi connectivity index (χ4v) is 6.55. The molecule has 3 aliphatic heterocycles. The number of aliphatic hydroxyl groups is 5. The predicted octanol–water partition coefficient (Wildman–Crippen LogP) is -5.44. The number of nitrogens with two attached hydrogens (primary N) is 4. The van der Waals surface area contributed by atoms with Gasteiger partial charge in [-0.15, -0.1) is 0 Å². The largest absolute Gasteiger partial charge is 0.467 e. The summed E-state index contributed by atoms with van der Waals surface area (Å²) in [6.45, 7) is 0.986. The minimum absolute atomic E-state index is 0.0922. The number of Topliss-reactive ketones (excluding diaryl/α,β-unsaturated/α-hetero) is 1. The van der Waals surface area contributed by atoms with E-state index in [2.05, 4.69) is 10.6 Å². The van der Waals surface area contributed by atoms with Gasteiger partial charge in [-0.05, 0) is 32.9 Å². The Hall–Kier alpha value is -1.35. The topological polar surface area (TPSA) is 283 Å². The summed E-state index contributed by atoms with van der Waals surface area (Å²) in [5, 5.41) is 60.8. The van der Waals surface area contributed by atoms with Crippen molar-refractivity contribution in [1.29, 1.82) is 0 Å². The molecule has 242 valence electrons. The van der Waals surface area contributed by atoms with Crippen LogP contribution in [-0.2, 0) is 23.7 Å². The minimum Gasteiger partial charge on any atom is -0.467 e. The number of hydrogen-bond donors (Lipinski definition) is 11. The lowest BCUT2D eigenvalue weighted by atomic mass is 9.60. The highest BCUT2D eigenvalue weighted by atomic mass is 16.7. The number of ketones is 1. The van der Waals surface area contributed by atoms with Gasteiger partial charge in [-0.25, -0.2) is 0 Å². The molecule has 1 aliphatic carbocycles. The molecule has 0 aromatic heterocycles. The Labute approximate surface area is 244 Å². The Morgan fingerprint density at radius 3 is 2.48 bits per heavy atom. The highest BCUT2D eigenvalue weighted by Crippen LogP contribution is 2.46. The Morgan fingerprint density at radius 1 is 1.21 bits per heavy atom. The first-order valence-electron chi connectivity index (χ1n) is 14.3. The molecule has 4 rings (SSSR count). The molecule has 1 saturated carbocycles. The third-order valence-electron chi connectivity index (χ3n) is 9.10. The molecule has 15 N–H and O–H groups in total. The number of β-amino-alcohol motifs (C(OH)–C–C–N with tert-alkyl or cyclic N) is 1. The number of ether oxygens (including phenoxy) is 4. The summed E-state index contributed by atoms with van der Waals surface area (Å²) in [4.78, 5) is 14.0. The van der Waals surface area contributed by atoms with Gasteiger partial charge >= 0.3 is 0 Å². The number of aliphatic hydroxyl groups excluding tert-OH is 3. The lowest BCUT2D eigenvalue weighted by Crippen LogP contribution is -2.82. The van der Waals surface area contributed by atoms with Gasteiger partial charge in [0.25, 0.3) is 0 Å². The number of likely N-dealkylation sites (N-methyl/N-ethyl adjacent to an activating group) is 1. The molecule has 0 aromatic rings. The number of hydrogen-bond acceptors (Lipinski definition) is 16. The number of nitrogens with one attached hydrogen (secondary N) is 2. The molecule has 11 atom stereocenters. The monoisotopic (exact) mass is 604 g/mol. The van der Waals surface area contributed by atoms with E-state index in [0.29, 0.717) is 12.2 Å². The van der Waals surface area contributed by atoms with Crippen molar-refractivity contribution in [3.63, 3.8) is 0 Å². The van der Waals surface area contributed by atoms with E-state index in [4.69, 9.17) is 41.9 Å².